The lowest BCUT2D eigenvalue weighted by Crippen LogP contribution is -2.55. The molecule has 0 radical (unpaired) electrons. The van der Waals surface area contributed by atoms with Crippen molar-refractivity contribution in [2.24, 2.45) is 0 Å². The van der Waals surface area contributed by atoms with E-state index in [4.69, 9.17) is 4.74 Å². The minimum Gasteiger partial charge on any atom is -0.375 e. The molecular formula is C10H19NO. The molecule has 12 heavy (non-hydrogen) atoms. The van der Waals surface area contributed by atoms with Gasteiger partial charge in [-0.05, 0) is 34.1 Å². The van der Waals surface area contributed by atoms with Gasteiger partial charge in [-0.25, -0.2) is 0 Å². The highest BCUT2D eigenvalue weighted by atomic mass is 16.5. The van der Waals surface area contributed by atoms with Gasteiger partial charge in [0.1, 0.15) is 0 Å². The predicted octanol–water partition coefficient (Wildman–Crippen LogP) is 1.65. The molecule has 0 saturated carbocycles. The molecule has 2 atom stereocenters. The summed E-state index contributed by atoms with van der Waals surface area (Å²) in [6.45, 7) is 11.2. The molecule has 2 heterocycles. The summed E-state index contributed by atoms with van der Waals surface area (Å²) in [6.07, 6.45) is 1.74. The largest absolute Gasteiger partial charge is 0.375 e. The molecule has 0 aromatic rings. The number of ether oxygens (including phenoxy) is 1. The molecule has 2 heteroatoms. The first kappa shape index (κ1) is 8.52. The van der Waals surface area contributed by atoms with Gasteiger partial charge in [-0.1, -0.05) is 0 Å². The fourth-order valence-corrected chi connectivity index (χ4v) is 2.72. The van der Waals surface area contributed by atoms with Crippen LogP contribution in [0.25, 0.3) is 0 Å². The van der Waals surface area contributed by atoms with Gasteiger partial charge in [0.15, 0.2) is 0 Å². The SMILES string of the molecule is CC(C)(C)N1CC2CC1(C)CO2. The van der Waals surface area contributed by atoms with Crippen LogP contribution in [-0.4, -0.2) is 35.2 Å². The number of morpholine rings is 1. The van der Waals surface area contributed by atoms with Crippen molar-refractivity contribution in [2.45, 2.75) is 51.3 Å². The highest BCUT2D eigenvalue weighted by Gasteiger charge is 2.51. The summed E-state index contributed by atoms with van der Waals surface area (Å²) in [6, 6.07) is 0. The molecule has 2 aliphatic rings. The van der Waals surface area contributed by atoms with Crippen LogP contribution in [0.4, 0.5) is 0 Å². The molecule has 70 valence electrons. The highest BCUT2D eigenvalue weighted by molar-refractivity contribution is 5.05. The van der Waals surface area contributed by atoms with E-state index in [-0.39, 0.29) is 0 Å². The first-order valence-electron chi connectivity index (χ1n) is 4.81. The minimum atomic E-state index is 0.299. The highest BCUT2D eigenvalue weighted by Crippen LogP contribution is 2.41. The van der Waals surface area contributed by atoms with Gasteiger partial charge in [0.2, 0.25) is 0 Å². The van der Waals surface area contributed by atoms with Crippen LogP contribution in [0, 0.1) is 0 Å². The minimum absolute atomic E-state index is 0.299. The Morgan fingerprint density at radius 3 is 2.33 bits per heavy atom. The van der Waals surface area contributed by atoms with Crippen molar-refractivity contribution in [1.29, 1.82) is 0 Å². The average molecular weight is 169 g/mol. The lowest BCUT2D eigenvalue weighted by atomic mass is 9.96. The van der Waals surface area contributed by atoms with E-state index in [0.717, 1.165) is 13.2 Å². The third-order valence-electron chi connectivity index (χ3n) is 3.15. The second kappa shape index (κ2) is 2.24. The van der Waals surface area contributed by atoms with Crippen molar-refractivity contribution in [3.8, 4) is 0 Å². The molecule has 2 bridgehead atoms. The van der Waals surface area contributed by atoms with E-state index in [9.17, 15) is 0 Å². The van der Waals surface area contributed by atoms with Crippen molar-refractivity contribution < 1.29 is 4.74 Å². The predicted molar refractivity (Wildman–Crippen MR) is 49.2 cm³/mol. The standard InChI is InChI=1S/C10H19NO/c1-9(2,3)11-6-8-5-10(11,4)7-12-8/h8H,5-7H2,1-4H3. The molecule has 2 fully saturated rings. The Morgan fingerprint density at radius 1 is 1.42 bits per heavy atom. The van der Waals surface area contributed by atoms with E-state index in [0.29, 0.717) is 17.2 Å². The molecule has 0 spiro atoms. The second-order valence-corrected chi connectivity index (χ2v) is 5.42. The first-order chi connectivity index (χ1) is 5.42. The maximum absolute atomic E-state index is 5.64. The molecule has 0 N–H and O–H groups in total. The number of rotatable bonds is 0. The van der Waals surface area contributed by atoms with Crippen LogP contribution in [-0.2, 0) is 4.74 Å². The number of nitrogens with zero attached hydrogens (tertiary/aromatic N) is 1. The van der Waals surface area contributed by atoms with Gasteiger partial charge in [-0.3, -0.25) is 4.90 Å². The van der Waals surface area contributed by atoms with Gasteiger partial charge in [0, 0.05) is 17.6 Å². The number of fused-ring (bicyclic) bond motifs is 2. The van der Waals surface area contributed by atoms with Crippen molar-refractivity contribution >= 4 is 0 Å². The number of hydrogen-bond acceptors (Lipinski definition) is 2. The van der Waals surface area contributed by atoms with Gasteiger partial charge in [-0.15, -0.1) is 0 Å². The Hall–Kier alpha value is -0.0800. The van der Waals surface area contributed by atoms with E-state index in [1.165, 1.54) is 6.42 Å². The fourth-order valence-electron chi connectivity index (χ4n) is 2.72. The molecule has 2 saturated heterocycles. The monoisotopic (exact) mass is 169 g/mol. The van der Waals surface area contributed by atoms with Crippen molar-refractivity contribution in [1.82, 2.24) is 4.90 Å². The van der Waals surface area contributed by atoms with Gasteiger partial charge in [0.25, 0.3) is 0 Å². The third kappa shape index (κ3) is 1.09. The molecule has 2 aliphatic heterocycles. The van der Waals surface area contributed by atoms with Gasteiger partial charge in [-0.2, -0.15) is 0 Å². The van der Waals surface area contributed by atoms with Crippen LogP contribution in [0.15, 0.2) is 0 Å². The molecule has 2 rings (SSSR count). The van der Waals surface area contributed by atoms with Crippen LogP contribution in [0.5, 0.6) is 0 Å². The number of hydrogen-bond donors (Lipinski definition) is 0. The molecule has 2 nitrogen and oxygen atoms in total. The Morgan fingerprint density at radius 2 is 2.08 bits per heavy atom. The lowest BCUT2D eigenvalue weighted by molar-refractivity contribution is -0.0451. The summed E-state index contributed by atoms with van der Waals surface area (Å²) in [5.41, 5.74) is 0.621. The molecule has 0 amide bonds. The Balaban J connectivity index is 2.20. The van der Waals surface area contributed by atoms with Crippen LogP contribution >= 0.6 is 0 Å². The molecule has 0 aliphatic carbocycles. The van der Waals surface area contributed by atoms with E-state index < -0.39 is 0 Å². The van der Waals surface area contributed by atoms with Crippen LogP contribution in [0.1, 0.15) is 34.1 Å². The number of likely N-dealkylation sites (tertiary alicyclic amines) is 1. The maximum Gasteiger partial charge on any atom is 0.0721 e. The molecule has 0 aromatic carbocycles. The summed E-state index contributed by atoms with van der Waals surface area (Å²) in [7, 11) is 0. The summed E-state index contributed by atoms with van der Waals surface area (Å²) in [5, 5.41) is 0. The van der Waals surface area contributed by atoms with Crippen LogP contribution in [0.3, 0.4) is 0 Å². The summed E-state index contributed by atoms with van der Waals surface area (Å²) < 4.78 is 5.64. The third-order valence-corrected chi connectivity index (χ3v) is 3.15. The van der Waals surface area contributed by atoms with E-state index >= 15 is 0 Å². The summed E-state index contributed by atoms with van der Waals surface area (Å²) in [4.78, 5) is 2.59. The summed E-state index contributed by atoms with van der Waals surface area (Å²) in [5.74, 6) is 0. The summed E-state index contributed by atoms with van der Waals surface area (Å²) >= 11 is 0. The zero-order valence-corrected chi connectivity index (χ0v) is 8.55. The second-order valence-electron chi connectivity index (χ2n) is 5.42. The maximum atomic E-state index is 5.64. The Kier molecular flexibility index (Phi) is 1.59. The molecule has 0 aromatic heterocycles. The van der Waals surface area contributed by atoms with Crippen molar-refractivity contribution in [3.05, 3.63) is 0 Å². The van der Waals surface area contributed by atoms with E-state index in [2.05, 4.69) is 32.6 Å². The van der Waals surface area contributed by atoms with Crippen LogP contribution < -0.4 is 0 Å². The molecular weight excluding hydrogens is 150 g/mol. The van der Waals surface area contributed by atoms with Gasteiger partial charge in [0.05, 0.1) is 12.7 Å². The Bertz CT molecular complexity index is 197. The van der Waals surface area contributed by atoms with Crippen molar-refractivity contribution in [2.75, 3.05) is 13.2 Å². The zero-order chi connectivity index (χ0) is 8.98. The zero-order valence-electron chi connectivity index (χ0n) is 8.55. The smallest absolute Gasteiger partial charge is 0.0721 e. The van der Waals surface area contributed by atoms with Gasteiger partial charge >= 0.3 is 0 Å². The van der Waals surface area contributed by atoms with E-state index in [1.807, 2.05) is 0 Å². The molecule has 2 unspecified atom stereocenters. The van der Waals surface area contributed by atoms with E-state index in [1.54, 1.807) is 0 Å². The Labute approximate surface area is 74.9 Å². The lowest BCUT2D eigenvalue weighted by Gasteiger charge is -2.44. The first-order valence-corrected chi connectivity index (χ1v) is 4.81. The van der Waals surface area contributed by atoms with Crippen LogP contribution in [0.2, 0.25) is 0 Å². The average Bonchev–Trinajstić information content (AvgIpc) is 2.39. The van der Waals surface area contributed by atoms with Crippen molar-refractivity contribution in [3.63, 3.8) is 0 Å². The topological polar surface area (TPSA) is 12.5 Å². The normalized spacial score (nSPS) is 42.5. The fraction of sp³-hybridized carbons (Fsp3) is 1.00. The van der Waals surface area contributed by atoms with Gasteiger partial charge < -0.3 is 4.74 Å². The quantitative estimate of drug-likeness (QED) is 0.546.